The summed E-state index contributed by atoms with van der Waals surface area (Å²) in [5.41, 5.74) is 5.96. The summed E-state index contributed by atoms with van der Waals surface area (Å²) in [5.74, 6) is 1.60. The van der Waals surface area contributed by atoms with E-state index in [-0.39, 0.29) is 5.91 Å². The van der Waals surface area contributed by atoms with Crippen LogP contribution in [-0.4, -0.2) is 40.3 Å². The number of rotatable bonds is 6. The van der Waals surface area contributed by atoms with Gasteiger partial charge in [-0.3, -0.25) is 4.79 Å². The van der Waals surface area contributed by atoms with Crippen LogP contribution >= 0.6 is 0 Å². The molecule has 0 bridgehead atoms. The summed E-state index contributed by atoms with van der Waals surface area (Å²) in [6.45, 7) is 5.78. The lowest BCUT2D eigenvalue weighted by atomic mass is 10.1. The highest BCUT2D eigenvalue weighted by molar-refractivity contribution is 5.92. The van der Waals surface area contributed by atoms with Crippen LogP contribution in [-0.2, 0) is 17.6 Å². The van der Waals surface area contributed by atoms with Gasteiger partial charge in [-0.05, 0) is 62.1 Å². The topological polar surface area (TPSA) is 77.8 Å². The highest BCUT2D eigenvalue weighted by Gasteiger charge is 2.15. The van der Waals surface area contributed by atoms with Gasteiger partial charge in [-0.1, -0.05) is 18.2 Å². The molecular weight excluding hydrogens is 404 g/mol. The number of hydrogen-bond donors (Lipinski definition) is 1. The van der Waals surface area contributed by atoms with E-state index in [1.165, 1.54) is 0 Å². The molecule has 0 radical (unpaired) electrons. The lowest BCUT2D eigenvalue weighted by Gasteiger charge is -2.18. The zero-order valence-electron chi connectivity index (χ0n) is 18.4. The minimum Gasteiger partial charge on any atom is -0.486 e. The molecule has 0 unspecified atom stereocenters. The SMILES string of the molecule is Cc1nc2c3ccccc3nn2c(C)c1CCC(=O)NCCc1ccc2c(c1)OCCO2. The third-order valence-corrected chi connectivity index (χ3v) is 5.96. The van der Waals surface area contributed by atoms with Crippen molar-refractivity contribution in [3.63, 3.8) is 0 Å². The van der Waals surface area contributed by atoms with Crippen LogP contribution in [0.15, 0.2) is 42.5 Å². The second kappa shape index (κ2) is 8.49. The van der Waals surface area contributed by atoms with Gasteiger partial charge >= 0.3 is 0 Å². The molecule has 0 saturated carbocycles. The molecule has 2 aromatic carbocycles. The molecule has 1 amide bonds. The first-order valence-electron chi connectivity index (χ1n) is 11.0. The van der Waals surface area contributed by atoms with Gasteiger partial charge in [-0.25, -0.2) is 9.50 Å². The Morgan fingerprint density at radius 1 is 1.06 bits per heavy atom. The predicted octanol–water partition coefficient (Wildman–Crippen LogP) is 3.56. The van der Waals surface area contributed by atoms with Gasteiger partial charge in [0.25, 0.3) is 0 Å². The fourth-order valence-corrected chi connectivity index (χ4v) is 4.25. The summed E-state index contributed by atoms with van der Waals surface area (Å²) < 4.78 is 13.1. The molecule has 164 valence electrons. The van der Waals surface area contributed by atoms with Crippen molar-refractivity contribution in [1.29, 1.82) is 0 Å². The Hall–Kier alpha value is -3.61. The maximum atomic E-state index is 12.5. The summed E-state index contributed by atoms with van der Waals surface area (Å²) in [4.78, 5) is 17.3. The highest BCUT2D eigenvalue weighted by Crippen LogP contribution is 2.30. The molecule has 5 rings (SSSR count). The molecule has 7 heteroatoms. The first kappa shape index (κ1) is 20.3. The first-order chi connectivity index (χ1) is 15.6. The Kier molecular flexibility index (Phi) is 5.39. The lowest BCUT2D eigenvalue weighted by molar-refractivity contribution is -0.121. The minimum atomic E-state index is 0.0343. The summed E-state index contributed by atoms with van der Waals surface area (Å²) in [6, 6.07) is 13.9. The van der Waals surface area contributed by atoms with Crippen LogP contribution in [0.5, 0.6) is 11.5 Å². The summed E-state index contributed by atoms with van der Waals surface area (Å²) in [7, 11) is 0. The monoisotopic (exact) mass is 430 g/mol. The van der Waals surface area contributed by atoms with Gasteiger partial charge in [0.05, 0.1) is 5.52 Å². The van der Waals surface area contributed by atoms with Gasteiger partial charge < -0.3 is 14.8 Å². The smallest absolute Gasteiger partial charge is 0.220 e. The maximum absolute atomic E-state index is 12.5. The fourth-order valence-electron chi connectivity index (χ4n) is 4.25. The Labute approximate surface area is 186 Å². The quantitative estimate of drug-likeness (QED) is 0.506. The van der Waals surface area contributed by atoms with Gasteiger partial charge in [0.2, 0.25) is 5.91 Å². The first-order valence-corrected chi connectivity index (χ1v) is 11.0. The van der Waals surface area contributed by atoms with Crippen molar-refractivity contribution in [3.05, 3.63) is 65.0 Å². The number of hydrogen-bond acceptors (Lipinski definition) is 5. The van der Waals surface area contributed by atoms with Crippen LogP contribution in [0.2, 0.25) is 0 Å². The second-order valence-electron chi connectivity index (χ2n) is 8.09. The van der Waals surface area contributed by atoms with E-state index in [1.54, 1.807) is 0 Å². The van der Waals surface area contributed by atoms with Crippen molar-refractivity contribution in [1.82, 2.24) is 19.9 Å². The Balaban J connectivity index is 1.21. The molecule has 0 fully saturated rings. The standard InChI is InChI=1S/C25H26N4O3/c1-16-19(17(2)29-25(27-16)20-5-3-4-6-21(20)28-29)8-10-24(30)26-12-11-18-7-9-22-23(15-18)32-14-13-31-22/h3-7,9,15H,8,10-14H2,1-2H3,(H,26,30). The van der Waals surface area contributed by atoms with Gasteiger partial charge in [0.15, 0.2) is 17.1 Å². The van der Waals surface area contributed by atoms with Crippen LogP contribution in [0.25, 0.3) is 16.6 Å². The van der Waals surface area contributed by atoms with Crippen molar-refractivity contribution in [2.45, 2.75) is 33.1 Å². The molecule has 2 aromatic heterocycles. The van der Waals surface area contributed by atoms with Crippen LogP contribution in [0.1, 0.15) is 28.9 Å². The zero-order valence-corrected chi connectivity index (χ0v) is 18.4. The zero-order chi connectivity index (χ0) is 22.1. The van der Waals surface area contributed by atoms with Crippen LogP contribution in [0, 0.1) is 13.8 Å². The van der Waals surface area contributed by atoms with E-state index < -0.39 is 0 Å². The number of carbonyl (C=O) groups excluding carboxylic acids is 1. The Morgan fingerprint density at radius 2 is 1.88 bits per heavy atom. The molecule has 32 heavy (non-hydrogen) atoms. The number of carbonyl (C=O) groups is 1. The molecule has 0 saturated heterocycles. The number of fused-ring (bicyclic) bond motifs is 4. The maximum Gasteiger partial charge on any atom is 0.220 e. The van der Waals surface area contributed by atoms with E-state index in [0.717, 1.165) is 57.0 Å². The van der Waals surface area contributed by atoms with Crippen molar-refractivity contribution < 1.29 is 14.3 Å². The molecule has 7 nitrogen and oxygen atoms in total. The molecular formula is C25H26N4O3. The number of aryl methyl sites for hydroxylation is 2. The fraction of sp³-hybridized carbons (Fsp3) is 0.320. The average Bonchev–Trinajstić information content (AvgIpc) is 3.18. The van der Waals surface area contributed by atoms with Crippen molar-refractivity contribution >= 4 is 22.5 Å². The van der Waals surface area contributed by atoms with Crippen LogP contribution < -0.4 is 14.8 Å². The molecule has 1 N–H and O–H groups in total. The van der Waals surface area contributed by atoms with Crippen molar-refractivity contribution in [2.75, 3.05) is 19.8 Å². The summed E-state index contributed by atoms with van der Waals surface area (Å²) in [5, 5.41) is 8.76. The van der Waals surface area contributed by atoms with E-state index in [0.29, 0.717) is 32.6 Å². The number of benzene rings is 2. The van der Waals surface area contributed by atoms with Crippen LogP contribution in [0.3, 0.4) is 0 Å². The molecule has 0 spiro atoms. The summed E-state index contributed by atoms with van der Waals surface area (Å²) >= 11 is 0. The van der Waals surface area contributed by atoms with E-state index in [4.69, 9.17) is 19.6 Å². The molecule has 0 aliphatic carbocycles. The van der Waals surface area contributed by atoms with E-state index in [1.807, 2.05) is 60.8 Å². The van der Waals surface area contributed by atoms with Crippen molar-refractivity contribution in [2.24, 2.45) is 0 Å². The molecule has 1 aliphatic rings. The van der Waals surface area contributed by atoms with Gasteiger partial charge in [-0.15, -0.1) is 0 Å². The van der Waals surface area contributed by atoms with Gasteiger partial charge in [0, 0.05) is 29.7 Å². The van der Waals surface area contributed by atoms with Crippen LogP contribution in [0.4, 0.5) is 0 Å². The highest BCUT2D eigenvalue weighted by atomic mass is 16.6. The third kappa shape index (κ3) is 3.86. The molecule has 0 atom stereocenters. The number of nitrogens with zero attached hydrogens (tertiary/aromatic N) is 3. The number of ether oxygens (including phenoxy) is 2. The Bertz CT molecular complexity index is 1310. The van der Waals surface area contributed by atoms with Crippen molar-refractivity contribution in [3.8, 4) is 11.5 Å². The lowest BCUT2D eigenvalue weighted by Crippen LogP contribution is -2.26. The molecule has 3 heterocycles. The normalized spacial score (nSPS) is 12.9. The largest absolute Gasteiger partial charge is 0.486 e. The number of aromatic nitrogens is 3. The van der Waals surface area contributed by atoms with E-state index in [9.17, 15) is 4.79 Å². The molecule has 1 aliphatic heterocycles. The van der Waals surface area contributed by atoms with E-state index in [2.05, 4.69) is 5.32 Å². The number of amides is 1. The third-order valence-electron chi connectivity index (χ3n) is 5.96. The number of nitrogens with one attached hydrogen (secondary N) is 1. The average molecular weight is 431 g/mol. The predicted molar refractivity (Wildman–Crippen MR) is 122 cm³/mol. The van der Waals surface area contributed by atoms with Gasteiger partial charge in [-0.2, -0.15) is 5.10 Å². The van der Waals surface area contributed by atoms with E-state index >= 15 is 0 Å². The van der Waals surface area contributed by atoms with Gasteiger partial charge in [0.1, 0.15) is 13.2 Å². The Morgan fingerprint density at radius 3 is 2.75 bits per heavy atom. The second-order valence-corrected chi connectivity index (χ2v) is 8.09. The summed E-state index contributed by atoms with van der Waals surface area (Å²) in [6.07, 6.45) is 1.79. The molecule has 4 aromatic rings. The minimum absolute atomic E-state index is 0.0343.